The van der Waals surface area contributed by atoms with Crippen molar-refractivity contribution in [3.8, 4) is 0 Å². The summed E-state index contributed by atoms with van der Waals surface area (Å²) in [5.41, 5.74) is 0.549. The molecule has 0 aromatic heterocycles. The number of rotatable bonds is 6. The monoisotopic (exact) mass is 226 g/mol. The third kappa shape index (κ3) is 4.06. The lowest BCUT2D eigenvalue weighted by molar-refractivity contribution is 0.102. The van der Waals surface area contributed by atoms with Crippen LogP contribution in [0.2, 0.25) is 0 Å². The Hall–Kier alpha value is -0.0800. The standard InChI is InChI=1S/C14H30N2/c1-5-15-11-14(9-7-6-8-10-14)12-16(4)13(2)3/h13,15H,5-12H2,1-4H3. The molecule has 0 heterocycles. The quantitative estimate of drug-likeness (QED) is 0.749. The summed E-state index contributed by atoms with van der Waals surface area (Å²) in [6.45, 7) is 10.4. The zero-order valence-electron chi connectivity index (χ0n) is 11.7. The first-order valence-electron chi connectivity index (χ1n) is 7.00. The largest absolute Gasteiger partial charge is 0.316 e. The molecule has 2 nitrogen and oxygen atoms in total. The lowest BCUT2D eigenvalue weighted by Crippen LogP contribution is -2.46. The molecular formula is C14H30N2. The topological polar surface area (TPSA) is 15.3 Å². The average molecular weight is 226 g/mol. The van der Waals surface area contributed by atoms with Gasteiger partial charge in [0, 0.05) is 19.1 Å². The number of hydrogen-bond donors (Lipinski definition) is 1. The van der Waals surface area contributed by atoms with Crippen molar-refractivity contribution in [2.24, 2.45) is 5.41 Å². The fourth-order valence-corrected chi connectivity index (χ4v) is 2.79. The summed E-state index contributed by atoms with van der Waals surface area (Å²) in [5.74, 6) is 0. The van der Waals surface area contributed by atoms with Crippen molar-refractivity contribution in [1.82, 2.24) is 10.2 Å². The van der Waals surface area contributed by atoms with E-state index in [1.807, 2.05) is 0 Å². The van der Waals surface area contributed by atoms with E-state index >= 15 is 0 Å². The number of nitrogens with zero attached hydrogens (tertiary/aromatic N) is 1. The minimum Gasteiger partial charge on any atom is -0.316 e. The lowest BCUT2D eigenvalue weighted by Gasteiger charge is -2.41. The van der Waals surface area contributed by atoms with Crippen LogP contribution in [0.3, 0.4) is 0 Å². The van der Waals surface area contributed by atoms with Gasteiger partial charge in [-0.25, -0.2) is 0 Å². The number of nitrogens with one attached hydrogen (secondary N) is 1. The molecule has 96 valence electrons. The second kappa shape index (κ2) is 6.61. The van der Waals surface area contributed by atoms with Crippen LogP contribution in [0, 0.1) is 5.41 Å². The van der Waals surface area contributed by atoms with Crippen molar-refractivity contribution < 1.29 is 0 Å². The molecule has 0 aliphatic heterocycles. The molecule has 1 saturated carbocycles. The van der Waals surface area contributed by atoms with E-state index in [4.69, 9.17) is 0 Å². The molecule has 0 amide bonds. The Labute approximate surface area is 102 Å². The molecule has 1 fully saturated rings. The van der Waals surface area contributed by atoms with Crippen LogP contribution in [-0.4, -0.2) is 37.6 Å². The van der Waals surface area contributed by atoms with Gasteiger partial charge in [0.15, 0.2) is 0 Å². The molecule has 0 atom stereocenters. The van der Waals surface area contributed by atoms with Gasteiger partial charge in [0.1, 0.15) is 0 Å². The molecule has 1 rings (SSSR count). The summed E-state index contributed by atoms with van der Waals surface area (Å²) in [4.78, 5) is 2.52. The molecule has 0 aromatic rings. The van der Waals surface area contributed by atoms with Crippen LogP contribution in [0.1, 0.15) is 52.9 Å². The van der Waals surface area contributed by atoms with Gasteiger partial charge in [0.2, 0.25) is 0 Å². The first kappa shape index (κ1) is 14.0. The summed E-state index contributed by atoms with van der Waals surface area (Å²) in [7, 11) is 2.27. The van der Waals surface area contributed by atoms with Gasteiger partial charge in [0.05, 0.1) is 0 Å². The van der Waals surface area contributed by atoms with Crippen molar-refractivity contribution in [1.29, 1.82) is 0 Å². The van der Waals surface area contributed by atoms with Gasteiger partial charge in [-0.1, -0.05) is 26.2 Å². The second-order valence-corrected chi connectivity index (χ2v) is 5.85. The van der Waals surface area contributed by atoms with Crippen molar-refractivity contribution in [2.45, 2.75) is 58.9 Å². The zero-order chi connectivity index (χ0) is 12.0. The molecule has 0 bridgehead atoms. The van der Waals surface area contributed by atoms with Crippen molar-refractivity contribution >= 4 is 0 Å². The molecule has 1 aliphatic rings. The minimum absolute atomic E-state index is 0.549. The van der Waals surface area contributed by atoms with E-state index in [0.29, 0.717) is 11.5 Å². The maximum Gasteiger partial charge on any atom is 0.00498 e. The Balaban J connectivity index is 2.54. The fourth-order valence-electron chi connectivity index (χ4n) is 2.79. The molecule has 0 unspecified atom stereocenters. The lowest BCUT2D eigenvalue weighted by atomic mass is 9.73. The Kier molecular flexibility index (Phi) is 5.77. The van der Waals surface area contributed by atoms with Gasteiger partial charge in [-0.15, -0.1) is 0 Å². The highest BCUT2D eigenvalue weighted by Gasteiger charge is 2.32. The van der Waals surface area contributed by atoms with E-state index in [9.17, 15) is 0 Å². The van der Waals surface area contributed by atoms with Crippen LogP contribution < -0.4 is 5.32 Å². The Bertz CT molecular complexity index is 183. The Morgan fingerprint density at radius 1 is 1.19 bits per heavy atom. The number of hydrogen-bond acceptors (Lipinski definition) is 2. The molecule has 0 radical (unpaired) electrons. The summed E-state index contributed by atoms with van der Waals surface area (Å²) in [5, 5.41) is 3.58. The van der Waals surface area contributed by atoms with E-state index in [2.05, 4.69) is 38.0 Å². The van der Waals surface area contributed by atoms with Gasteiger partial charge in [-0.3, -0.25) is 0 Å². The first-order valence-corrected chi connectivity index (χ1v) is 7.00. The molecular weight excluding hydrogens is 196 g/mol. The summed E-state index contributed by atoms with van der Waals surface area (Å²) in [6.07, 6.45) is 7.13. The Morgan fingerprint density at radius 3 is 2.31 bits per heavy atom. The molecule has 0 saturated heterocycles. The third-order valence-electron chi connectivity index (χ3n) is 4.13. The SMILES string of the molecule is CCNCC1(CN(C)C(C)C)CCCCC1. The Morgan fingerprint density at radius 2 is 1.81 bits per heavy atom. The van der Waals surface area contributed by atoms with E-state index in [1.165, 1.54) is 45.2 Å². The normalized spacial score (nSPS) is 20.6. The van der Waals surface area contributed by atoms with E-state index in [-0.39, 0.29) is 0 Å². The van der Waals surface area contributed by atoms with E-state index in [1.54, 1.807) is 0 Å². The summed E-state index contributed by atoms with van der Waals surface area (Å²) < 4.78 is 0. The third-order valence-corrected chi connectivity index (χ3v) is 4.13. The predicted octanol–water partition coefficient (Wildman–Crippen LogP) is 2.89. The molecule has 1 aliphatic carbocycles. The van der Waals surface area contributed by atoms with Crippen molar-refractivity contribution in [2.75, 3.05) is 26.7 Å². The van der Waals surface area contributed by atoms with Crippen LogP contribution >= 0.6 is 0 Å². The van der Waals surface area contributed by atoms with Crippen LogP contribution in [0.5, 0.6) is 0 Å². The minimum atomic E-state index is 0.549. The van der Waals surface area contributed by atoms with Crippen molar-refractivity contribution in [3.05, 3.63) is 0 Å². The molecule has 16 heavy (non-hydrogen) atoms. The van der Waals surface area contributed by atoms with Gasteiger partial charge < -0.3 is 10.2 Å². The highest BCUT2D eigenvalue weighted by atomic mass is 15.1. The van der Waals surface area contributed by atoms with Gasteiger partial charge in [-0.05, 0) is 45.7 Å². The smallest absolute Gasteiger partial charge is 0.00498 e. The van der Waals surface area contributed by atoms with E-state index in [0.717, 1.165) is 6.54 Å². The maximum absolute atomic E-state index is 3.58. The van der Waals surface area contributed by atoms with Crippen LogP contribution in [0.15, 0.2) is 0 Å². The first-order chi connectivity index (χ1) is 7.59. The fraction of sp³-hybridized carbons (Fsp3) is 1.00. The average Bonchev–Trinajstić information content (AvgIpc) is 2.27. The van der Waals surface area contributed by atoms with Crippen LogP contribution in [0.4, 0.5) is 0 Å². The maximum atomic E-state index is 3.58. The van der Waals surface area contributed by atoms with Gasteiger partial charge in [-0.2, -0.15) is 0 Å². The molecule has 0 aromatic carbocycles. The second-order valence-electron chi connectivity index (χ2n) is 5.85. The van der Waals surface area contributed by atoms with Gasteiger partial charge >= 0.3 is 0 Å². The van der Waals surface area contributed by atoms with Crippen molar-refractivity contribution in [3.63, 3.8) is 0 Å². The van der Waals surface area contributed by atoms with E-state index < -0.39 is 0 Å². The predicted molar refractivity (Wildman–Crippen MR) is 71.8 cm³/mol. The summed E-state index contributed by atoms with van der Waals surface area (Å²) >= 11 is 0. The summed E-state index contributed by atoms with van der Waals surface area (Å²) in [6, 6.07) is 0.667. The molecule has 1 N–H and O–H groups in total. The van der Waals surface area contributed by atoms with Crippen LogP contribution in [-0.2, 0) is 0 Å². The zero-order valence-corrected chi connectivity index (χ0v) is 11.7. The van der Waals surface area contributed by atoms with Crippen LogP contribution in [0.25, 0.3) is 0 Å². The molecule has 0 spiro atoms. The molecule has 2 heteroatoms. The van der Waals surface area contributed by atoms with Gasteiger partial charge in [0.25, 0.3) is 0 Å². The highest BCUT2D eigenvalue weighted by molar-refractivity contribution is 4.87. The highest BCUT2D eigenvalue weighted by Crippen LogP contribution is 2.36.